The highest BCUT2D eigenvalue weighted by molar-refractivity contribution is 7.16. The van der Waals surface area contributed by atoms with Crippen molar-refractivity contribution < 1.29 is 14.3 Å². The molecule has 8 nitrogen and oxygen atoms in total. The van der Waals surface area contributed by atoms with E-state index in [2.05, 4.69) is 15.3 Å². The molecular formula is C21H23N5O3S. The van der Waals surface area contributed by atoms with Crippen molar-refractivity contribution in [1.82, 2.24) is 14.9 Å². The molecule has 30 heavy (non-hydrogen) atoms. The Hall–Kier alpha value is -3.04. The topological polar surface area (TPSA) is 110 Å². The number of likely N-dealkylation sites (tertiary alicyclic amines) is 1. The average molecular weight is 426 g/mol. The lowest BCUT2D eigenvalue weighted by Crippen LogP contribution is -2.47. The van der Waals surface area contributed by atoms with Crippen LogP contribution in [0.4, 0.5) is 11.5 Å². The number of pyridine rings is 1. The first-order chi connectivity index (χ1) is 14.5. The van der Waals surface area contributed by atoms with Gasteiger partial charge in [0.15, 0.2) is 0 Å². The fraction of sp³-hybridized carbons (Fsp3) is 0.333. The first-order valence-corrected chi connectivity index (χ1v) is 10.5. The molecule has 3 heterocycles. The number of fused-ring (bicyclic) bond motifs is 1. The summed E-state index contributed by atoms with van der Waals surface area (Å²) in [5.41, 5.74) is 10.5. The van der Waals surface area contributed by atoms with Crippen molar-refractivity contribution in [3.05, 3.63) is 47.1 Å². The summed E-state index contributed by atoms with van der Waals surface area (Å²) in [5, 5.41) is 2.64. The first kappa shape index (κ1) is 20.2. The van der Waals surface area contributed by atoms with E-state index >= 15 is 0 Å². The summed E-state index contributed by atoms with van der Waals surface area (Å²) in [6.45, 7) is 2.23. The number of benzene rings is 1. The number of methoxy groups -OCH3 is 1. The lowest BCUT2D eigenvalue weighted by Gasteiger charge is -2.38. The SMILES string of the molecule is COC1CCN(C(=O)C(=O)Nc2cnc(N)c(C)c2)[C@H](c2ccc3scnc3c2)C1. The van der Waals surface area contributed by atoms with Crippen molar-refractivity contribution >= 4 is 44.9 Å². The summed E-state index contributed by atoms with van der Waals surface area (Å²) in [4.78, 5) is 35.8. The van der Waals surface area contributed by atoms with Gasteiger partial charge in [-0.1, -0.05) is 6.07 Å². The van der Waals surface area contributed by atoms with E-state index in [1.165, 1.54) is 6.20 Å². The Kier molecular flexibility index (Phi) is 5.65. The molecule has 2 atom stereocenters. The third kappa shape index (κ3) is 3.99. The number of ether oxygens (including phenoxy) is 1. The molecular weight excluding hydrogens is 402 g/mol. The number of hydrogen-bond acceptors (Lipinski definition) is 7. The highest BCUT2D eigenvalue weighted by Crippen LogP contribution is 2.34. The van der Waals surface area contributed by atoms with Gasteiger partial charge in [-0.15, -0.1) is 11.3 Å². The van der Waals surface area contributed by atoms with Crippen LogP contribution in [0.25, 0.3) is 10.2 Å². The van der Waals surface area contributed by atoms with Crippen LogP contribution in [0.5, 0.6) is 0 Å². The van der Waals surface area contributed by atoms with Gasteiger partial charge < -0.3 is 20.7 Å². The van der Waals surface area contributed by atoms with Crippen LogP contribution >= 0.6 is 11.3 Å². The van der Waals surface area contributed by atoms with Gasteiger partial charge in [-0.2, -0.15) is 0 Å². The van der Waals surface area contributed by atoms with Gasteiger partial charge in [0.25, 0.3) is 0 Å². The summed E-state index contributed by atoms with van der Waals surface area (Å²) in [7, 11) is 1.67. The van der Waals surface area contributed by atoms with E-state index < -0.39 is 11.8 Å². The van der Waals surface area contributed by atoms with E-state index in [4.69, 9.17) is 10.5 Å². The normalized spacial score (nSPS) is 19.1. The number of amides is 2. The molecule has 3 aromatic rings. The number of aryl methyl sites for hydroxylation is 1. The fourth-order valence-electron chi connectivity index (χ4n) is 3.76. The largest absolute Gasteiger partial charge is 0.383 e. The maximum Gasteiger partial charge on any atom is 0.313 e. The Morgan fingerprint density at radius 2 is 2.13 bits per heavy atom. The van der Waals surface area contributed by atoms with Crippen LogP contribution in [0.15, 0.2) is 36.0 Å². The Morgan fingerprint density at radius 1 is 1.30 bits per heavy atom. The van der Waals surface area contributed by atoms with Gasteiger partial charge in [0.05, 0.1) is 39.8 Å². The predicted octanol–water partition coefficient (Wildman–Crippen LogP) is 2.90. The summed E-state index contributed by atoms with van der Waals surface area (Å²) >= 11 is 1.57. The van der Waals surface area contributed by atoms with E-state index in [0.717, 1.165) is 21.3 Å². The second kappa shape index (κ2) is 8.37. The molecule has 0 spiro atoms. The standard InChI is InChI=1S/C21H23N5O3S/c1-12-7-14(10-23-19(12)22)25-20(27)21(28)26-6-5-15(29-2)9-17(26)13-3-4-18-16(8-13)24-11-30-18/h3-4,7-8,10-11,15,17H,5-6,9H2,1-2H3,(H2,22,23)(H,25,27)/t15?,17-/m0/s1. The molecule has 156 valence electrons. The van der Waals surface area contributed by atoms with Crippen molar-refractivity contribution in [3.8, 4) is 0 Å². The van der Waals surface area contributed by atoms with Crippen LogP contribution in [-0.4, -0.2) is 46.4 Å². The van der Waals surface area contributed by atoms with Crippen LogP contribution in [0, 0.1) is 6.92 Å². The van der Waals surface area contributed by atoms with E-state index in [0.29, 0.717) is 30.9 Å². The number of nitrogens with one attached hydrogen (secondary N) is 1. The molecule has 2 amide bonds. The maximum absolute atomic E-state index is 13.1. The molecule has 1 fully saturated rings. The van der Waals surface area contributed by atoms with Gasteiger partial charge in [-0.25, -0.2) is 9.97 Å². The Morgan fingerprint density at radius 3 is 2.90 bits per heavy atom. The average Bonchev–Trinajstić information content (AvgIpc) is 3.23. The van der Waals surface area contributed by atoms with Gasteiger partial charge >= 0.3 is 11.8 Å². The van der Waals surface area contributed by atoms with Crippen LogP contribution in [-0.2, 0) is 14.3 Å². The van der Waals surface area contributed by atoms with E-state index in [1.807, 2.05) is 18.2 Å². The van der Waals surface area contributed by atoms with Gasteiger partial charge in [-0.05, 0) is 49.1 Å². The van der Waals surface area contributed by atoms with Gasteiger partial charge in [0.1, 0.15) is 5.82 Å². The van der Waals surface area contributed by atoms with E-state index in [1.54, 1.807) is 41.8 Å². The van der Waals surface area contributed by atoms with Gasteiger partial charge in [-0.3, -0.25) is 9.59 Å². The third-order valence-electron chi connectivity index (χ3n) is 5.46. The van der Waals surface area contributed by atoms with Gasteiger partial charge in [0, 0.05) is 13.7 Å². The first-order valence-electron chi connectivity index (χ1n) is 9.66. The number of rotatable bonds is 3. The Bertz CT molecular complexity index is 1100. The molecule has 1 saturated heterocycles. The molecule has 1 aliphatic rings. The number of piperidine rings is 1. The highest BCUT2D eigenvalue weighted by atomic mass is 32.1. The van der Waals surface area contributed by atoms with Crippen molar-refractivity contribution in [3.63, 3.8) is 0 Å². The summed E-state index contributed by atoms with van der Waals surface area (Å²) in [6.07, 6.45) is 2.76. The lowest BCUT2D eigenvalue weighted by molar-refractivity contribution is -0.147. The fourth-order valence-corrected chi connectivity index (χ4v) is 4.42. The maximum atomic E-state index is 13.1. The van der Waals surface area contributed by atoms with Gasteiger partial charge in [0.2, 0.25) is 0 Å². The number of nitrogen functional groups attached to an aromatic ring is 1. The smallest absolute Gasteiger partial charge is 0.313 e. The van der Waals surface area contributed by atoms with Crippen molar-refractivity contribution in [1.29, 1.82) is 0 Å². The minimum absolute atomic E-state index is 0.0252. The van der Waals surface area contributed by atoms with Crippen molar-refractivity contribution in [2.45, 2.75) is 31.9 Å². The number of carbonyl (C=O) groups excluding carboxylic acids is 2. The van der Waals surface area contributed by atoms with Crippen molar-refractivity contribution in [2.24, 2.45) is 0 Å². The second-order valence-corrected chi connectivity index (χ2v) is 8.24. The minimum atomic E-state index is -0.698. The molecule has 3 N–H and O–H groups in total. The lowest BCUT2D eigenvalue weighted by atomic mass is 9.93. The molecule has 2 aromatic heterocycles. The molecule has 1 aromatic carbocycles. The second-order valence-electron chi connectivity index (χ2n) is 7.36. The van der Waals surface area contributed by atoms with Crippen LogP contribution < -0.4 is 11.1 Å². The van der Waals surface area contributed by atoms with E-state index in [9.17, 15) is 9.59 Å². The number of anilines is 2. The third-order valence-corrected chi connectivity index (χ3v) is 6.27. The molecule has 9 heteroatoms. The number of hydrogen-bond donors (Lipinski definition) is 2. The number of nitrogens with two attached hydrogens (primary N) is 1. The zero-order valence-corrected chi connectivity index (χ0v) is 17.6. The molecule has 4 rings (SSSR count). The molecule has 1 unspecified atom stereocenters. The van der Waals surface area contributed by atoms with Crippen LogP contribution in [0.1, 0.15) is 30.0 Å². The predicted molar refractivity (Wildman–Crippen MR) is 116 cm³/mol. The molecule has 1 aliphatic heterocycles. The molecule has 0 aliphatic carbocycles. The zero-order chi connectivity index (χ0) is 21.3. The Balaban J connectivity index is 1.58. The Labute approximate surface area is 178 Å². The number of aromatic nitrogens is 2. The number of nitrogens with zero attached hydrogens (tertiary/aromatic N) is 3. The summed E-state index contributed by atoms with van der Waals surface area (Å²) in [5.74, 6) is -0.891. The van der Waals surface area contributed by atoms with Crippen molar-refractivity contribution in [2.75, 3.05) is 24.7 Å². The molecule has 0 saturated carbocycles. The van der Waals surface area contributed by atoms with Crippen LogP contribution in [0.3, 0.4) is 0 Å². The molecule has 0 radical (unpaired) electrons. The minimum Gasteiger partial charge on any atom is -0.383 e. The molecule has 0 bridgehead atoms. The van der Waals surface area contributed by atoms with Crippen LogP contribution in [0.2, 0.25) is 0 Å². The monoisotopic (exact) mass is 425 g/mol. The number of carbonyl (C=O) groups is 2. The zero-order valence-electron chi connectivity index (χ0n) is 16.8. The quantitative estimate of drug-likeness (QED) is 0.625. The number of thiazole rings is 1. The highest BCUT2D eigenvalue weighted by Gasteiger charge is 2.35. The summed E-state index contributed by atoms with van der Waals surface area (Å²) < 4.78 is 6.63. The van der Waals surface area contributed by atoms with E-state index in [-0.39, 0.29) is 12.1 Å². The summed E-state index contributed by atoms with van der Waals surface area (Å²) in [6, 6.07) is 7.41.